The fourth-order valence-electron chi connectivity index (χ4n) is 2.77. The van der Waals surface area contributed by atoms with Gasteiger partial charge in [0.1, 0.15) is 5.82 Å². The third-order valence-corrected chi connectivity index (χ3v) is 3.95. The summed E-state index contributed by atoms with van der Waals surface area (Å²) in [5.41, 5.74) is 0.299. The normalized spacial score (nSPS) is 17.0. The average molecular weight is 307 g/mol. The standard InChI is InChI=1S/C15H15F2N3O2/c1-2-20-14(21)9-4-6-12(18-13(9)19-15(20)22)8-3-5-10(16)11(17)7-8/h3,5,7,12,18H,2,4,6H2,1H3,(H,19,22)/t12-/m0/s1. The number of hydrogen-bond donors (Lipinski definition) is 2. The van der Waals surface area contributed by atoms with Crippen LogP contribution >= 0.6 is 0 Å². The van der Waals surface area contributed by atoms with Gasteiger partial charge in [0.05, 0.1) is 11.6 Å². The molecule has 7 heteroatoms. The summed E-state index contributed by atoms with van der Waals surface area (Å²) in [6, 6.07) is 3.41. The Kier molecular flexibility index (Phi) is 3.56. The zero-order valence-electron chi connectivity index (χ0n) is 12.0. The van der Waals surface area contributed by atoms with Crippen molar-refractivity contribution in [2.24, 2.45) is 0 Å². The zero-order valence-corrected chi connectivity index (χ0v) is 12.0. The Hall–Kier alpha value is -2.44. The number of anilines is 1. The van der Waals surface area contributed by atoms with E-state index >= 15 is 0 Å². The third-order valence-electron chi connectivity index (χ3n) is 3.95. The summed E-state index contributed by atoms with van der Waals surface area (Å²) in [4.78, 5) is 26.7. The molecular formula is C15H15F2N3O2. The number of hydrogen-bond acceptors (Lipinski definition) is 3. The molecule has 5 nitrogen and oxygen atoms in total. The Bertz CT molecular complexity index is 842. The number of fused-ring (bicyclic) bond motifs is 1. The Morgan fingerprint density at radius 3 is 2.73 bits per heavy atom. The molecule has 0 spiro atoms. The highest BCUT2D eigenvalue weighted by Gasteiger charge is 2.24. The summed E-state index contributed by atoms with van der Waals surface area (Å²) >= 11 is 0. The van der Waals surface area contributed by atoms with Gasteiger partial charge in [0.2, 0.25) is 0 Å². The van der Waals surface area contributed by atoms with Crippen molar-refractivity contribution in [3.8, 4) is 0 Å². The second-order valence-corrected chi connectivity index (χ2v) is 5.24. The van der Waals surface area contributed by atoms with Crippen LogP contribution in [0, 0.1) is 11.6 Å². The molecule has 3 rings (SSSR count). The number of nitrogens with zero attached hydrogens (tertiary/aromatic N) is 1. The molecule has 2 N–H and O–H groups in total. The molecule has 1 aromatic carbocycles. The average Bonchev–Trinajstić information content (AvgIpc) is 2.50. The number of rotatable bonds is 2. The highest BCUT2D eigenvalue weighted by Crippen LogP contribution is 2.29. The highest BCUT2D eigenvalue weighted by molar-refractivity contribution is 5.47. The van der Waals surface area contributed by atoms with Gasteiger partial charge in [0.15, 0.2) is 11.6 Å². The maximum Gasteiger partial charge on any atom is 0.329 e. The SMILES string of the molecule is CCn1c(=O)[nH]c2c(c1=O)CC[C@@H](c1ccc(F)c(F)c1)N2. The van der Waals surface area contributed by atoms with Crippen molar-refractivity contribution in [1.82, 2.24) is 9.55 Å². The van der Waals surface area contributed by atoms with E-state index in [0.717, 1.165) is 16.7 Å². The third kappa shape index (κ3) is 2.32. The van der Waals surface area contributed by atoms with Gasteiger partial charge in [-0.3, -0.25) is 14.3 Å². The highest BCUT2D eigenvalue weighted by atomic mass is 19.2. The summed E-state index contributed by atoms with van der Waals surface area (Å²) in [6.45, 7) is 2.03. The van der Waals surface area contributed by atoms with Crippen molar-refractivity contribution < 1.29 is 8.78 Å². The number of nitrogens with one attached hydrogen (secondary N) is 2. The summed E-state index contributed by atoms with van der Waals surface area (Å²) < 4.78 is 27.5. The van der Waals surface area contributed by atoms with Crippen LogP contribution in [0.4, 0.5) is 14.6 Å². The van der Waals surface area contributed by atoms with Crippen LogP contribution in [0.1, 0.15) is 30.5 Å². The first-order valence-corrected chi connectivity index (χ1v) is 7.08. The van der Waals surface area contributed by atoms with Crippen molar-refractivity contribution in [3.63, 3.8) is 0 Å². The monoisotopic (exact) mass is 307 g/mol. The molecule has 1 aliphatic rings. The molecule has 1 atom stereocenters. The molecule has 0 bridgehead atoms. The molecule has 1 aromatic heterocycles. The molecule has 0 saturated heterocycles. The van der Waals surface area contributed by atoms with Crippen molar-refractivity contribution in [3.05, 3.63) is 61.8 Å². The van der Waals surface area contributed by atoms with Crippen LogP contribution in [-0.4, -0.2) is 9.55 Å². The second kappa shape index (κ2) is 5.40. The fraction of sp³-hybridized carbons (Fsp3) is 0.333. The number of halogens is 2. The van der Waals surface area contributed by atoms with E-state index in [1.54, 1.807) is 6.92 Å². The molecule has 116 valence electrons. The molecule has 0 fully saturated rings. The van der Waals surface area contributed by atoms with E-state index in [2.05, 4.69) is 10.3 Å². The smallest absolute Gasteiger partial charge is 0.329 e. The number of aromatic amines is 1. The summed E-state index contributed by atoms with van der Waals surface area (Å²) in [7, 11) is 0. The minimum atomic E-state index is -0.917. The van der Waals surface area contributed by atoms with Gasteiger partial charge in [-0.25, -0.2) is 13.6 Å². The van der Waals surface area contributed by atoms with Crippen LogP contribution in [-0.2, 0) is 13.0 Å². The summed E-state index contributed by atoms with van der Waals surface area (Å²) in [5.74, 6) is -1.46. The largest absolute Gasteiger partial charge is 0.364 e. The van der Waals surface area contributed by atoms with Crippen LogP contribution in [0.2, 0.25) is 0 Å². The van der Waals surface area contributed by atoms with Crippen molar-refractivity contribution in [1.29, 1.82) is 0 Å². The van der Waals surface area contributed by atoms with E-state index in [1.165, 1.54) is 6.07 Å². The van der Waals surface area contributed by atoms with Gasteiger partial charge in [0.25, 0.3) is 5.56 Å². The van der Waals surface area contributed by atoms with Crippen LogP contribution in [0.3, 0.4) is 0 Å². The molecule has 0 unspecified atom stereocenters. The zero-order chi connectivity index (χ0) is 15.9. The van der Waals surface area contributed by atoms with Crippen LogP contribution in [0.5, 0.6) is 0 Å². The van der Waals surface area contributed by atoms with E-state index < -0.39 is 17.3 Å². The van der Waals surface area contributed by atoms with E-state index in [9.17, 15) is 18.4 Å². The summed E-state index contributed by atoms with van der Waals surface area (Å²) in [5, 5.41) is 3.03. The van der Waals surface area contributed by atoms with E-state index in [0.29, 0.717) is 36.3 Å². The Morgan fingerprint density at radius 1 is 1.27 bits per heavy atom. The molecule has 2 aromatic rings. The molecule has 2 heterocycles. The van der Waals surface area contributed by atoms with Crippen LogP contribution in [0.25, 0.3) is 0 Å². The van der Waals surface area contributed by atoms with Gasteiger partial charge in [0, 0.05) is 6.54 Å². The molecule has 1 aliphatic heterocycles. The Balaban J connectivity index is 1.99. The van der Waals surface area contributed by atoms with Gasteiger partial charge in [-0.1, -0.05) is 6.07 Å². The van der Waals surface area contributed by atoms with Gasteiger partial charge in [-0.05, 0) is 37.5 Å². The van der Waals surface area contributed by atoms with Gasteiger partial charge >= 0.3 is 5.69 Å². The summed E-state index contributed by atoms with van der Waals surface area (Å²) in [6.07, 6.45) is 1.02. The van der Waals surface area contributed by atoms with E-state index in [1.807, 2.05) is 0 Å². The predicted molar refractivity (Wildman–Crippen MR) is 78.0 cm³/mol. The maximum absolute atomic E-state index is 13.3. The molecular weight excluding hydrogens is 292 g/mol. The lowest BCUT2D eigenvalue weighted by Crippen LogP contribution is -2.39. The molecule has 0 radical (unpaired) electrons. The number of H-pyrrole nitrogens is 1. The Morgan fingerprint density at radius 2 is 2.05 bits per heavy atom. The molecule has 22 heavy (non-hydrogen) atoms. The lowest BCUT2D eigenvalue weighted by Gasteiger charge is -2.26. The van der Waals surface area contributed by atoms with Crippen LogP contribution in [0.15, 0.2) is 27.8 Å². The fourth-order valence-corrected chi connectivity index (χ4v) is 2.77. The lowest BCUT2D eigenvalue weighted by atomic mass is 9.95. The van der Waals surface area contributed by atoms with Crippen LogP contribution < -0.4 is 16.6 Å². The van der Waals surface area contributed by atoms with Crippen molar-refractivity contribution in [2.75, 3.05) is 5.32 Å². The van der Waals surface area contributed by atoms with Gasteiger partial charge < -0.3 is 5.32 Å². The minimum absolute atomic E-state index is 0.282. The first-order chi connectivity index (χ1) is 10.5. The molecule has 0 amide bonds. The number of aromatic nitrogens is 2. The molecule has 0 aliphatic carbocycles. The molecule has 0 saturated carbocycles. The second-order valence-electron chi connectivity index (χ2n) is 5.24. The van der Waals surface area contributed by atoms with Gasteiger partial charge in [-0.15, -0.1) is 0 Å². The Labute approximate surface area is 124 Å². The van der Waals surface area contributed by atoms with Crippen molar-refractivity contribution in [2.45, 2.75) is 32.4 Å². The predicted octanol–water partition coefficient (Wildman–Crippen LogP) is 1.93. The van der Waals surface area contributed by atoms with E-state index in [-0.39, 0.29) is 11.6 Å². The first-order valence-electron chi connectivity index (χ1n) is 7.08. The maximum atomic E-state index is 13.3. The van der Waals surface area contributed by atoms with Gasteiger partial charge in [-0.2, -0.15) is 0 Å². The van der Waals surface area contributed by atoms with Crippen molar-refractivity contribution >= 4 is 5.82 Å². The number of benzene rings is 1. The lowest BCUT2D eigenvalue weighted by molar-refractivity contribution is 0.504. The van der Waals surface area contributed by atoms with E-state index in [4.69, 9.17) is 0 Å². The first kappa shape index (κ1) is 14.5. The topological polar surface area (TPSA) is 66.9 Å². The minimum Gasteiger partial charge on any atom is -0.364 e. The quantitative estimate of drug-likeness (QED) is 0.891.